The number of ketones is 3. The molecule has 1 aromatic heterocycles. The minimum Gasteiger partial charge on any atom is -0.481 e. The van der Waals surface area contributed by atoms with Crippen molar-refractivity contribution in [3.05, 3.63) is 18.2 Å². The third kappa shape index (κ3) is 42.6. The Morgan fingerprint density at radius 2 is 1.16 bits per heavy atom. The Kier molecular flexibility index (Phi) is 47.5. The molecule has 11 N–H and O–H groups in total. The van der Waals surface area contributed by atoms with Gasteiger partial charge in [-0.05, 0) is 70.6 Å². The van der Waals surface area contributed by atoms with Crippen molar-refractivity contribution in [2.45, 2.75) is 245 Å². The minimum atomic E-state index is -1.47. The molecule has 0 fully saturated rings. The van der Waals surface area contributed by atoms with Crippen LogP contribution in [0.25, 0.3) is 0 Å². The molecule has 1 aromatic rings. The number of unbranched alkanes of at least 4 members (excludes halogenated alkanes) is 14. The summed E-state index contributed by atoms with van der Waals surface area (Å²) >= 11 is 0. The highest BCUT2D eigenvalue weighted by Crippen LogP contribution is 2.21. The molecule has 0 spiro atoms. The van der Waals surface area contributed by atoms with Gasteiger partial charge in [0.25, 0.3) is 5.91 Å². The Bertz CT molecular complexity index is 2320. The predicted molar refractivity (Wildman–Crippen MR) is 346 cm³/mol. The zero-order valence-corrected chi connectivity index (χ0v) is 56.5. The average Bonchev–Trinajstić information content (AvgIpc) is 3.59. The predicted octanol–water partition coefficient (Wildman–Crippen LogP) is 5.29. The van der Waals surface area contributed by atoms with Crippen molar-refractivity contribution in [1.29, 1.82) is 0 Å². The quantitative estimate of drug-likeness (QED) is 0.0292. The van der Waals surface area contributed by atoms with Gasteiger partial charge in [-0.25, -0.2) is 14.6 Å². The summed E-state index contributed by atoms with van der Waals surface area (Å²) in [5.74, 6) is -7.35. The number of aromatic nitrogens is 2. The van der Waals surface area contributed by atoms with E-state index in [0.717, 1.165) is 51.4 Å². The third-order valence-corrected chi connectivity index (χ3v) is 16.0. The average molecular weight is 1320 g/mol. The summed E-state index contributed by atoms with van der Waals surface area (Å²) in [6.07, 6.45) is 19.3. The van der Waals surface area contributed by atoms with Gasteiger partial charge in [0.2, 0.25) is 23.6 Å². The summed E-state index contributed by atoms with van der Waals surface area (Å²) in [5, 5.41) is 41.3. The Morgan fingerprint density at radius 3 is 1.70 bits per heavy atom. The molecule has 27 nitrogen and oxygen atoms in total. The van der Waals surface area contributed by atoms with Gasteiger partial charge >= 0.3 is 17.9 Å². The van der Waals surface area contributed by atoms with Gasteiger partial charge in [-0.2, -0.15) is 0 Å². The number of esters is 1. The van der Waals surface area contributed by atoms with Crippen LogP contribution in [0.1, 0.15) is 214 Å². The van der Waals surface area contributed by atoms with E-state index in [9.17, 15) is 63.0 Å². The number of carboxylic acids is 2. The van der Waals surface area contributed by atoms with Crippen LogP contribution in [0.3, 0.4) is 0 Å². The molecule has 93 heavy (non-hydrogen) atoms. The number of ether oxygens (including phenoxy) is 5. The number of Topliss-reactive ketones (excluding diaryl/α,β-unsaturated/α-hetero) is 3. The van der Waals surface area contributed by atoms with Gasteiger partial charge in [0.1, 0.15) is 37.7 Å². The number of nitrogens with zero attached hydrogens (tertiary/aromatic N) is 1. The Morgan fingerprint density at radius 1 is 0.602 bits per heavy atom. The first kappa shape index (κ1) is 84.8. The number of amides is 5. The van der Waals surface area contributed by atoms with Gasteiger partial charge in [0, 0.05) is 76.0 Å². The number of aliphatic hydroxyl groups is 1. The molecule has 0 bridgehead atoms. The lowest BCUT2D eigenvalue weighted by atomic mass is 9.87. The van der Waals surface area contributed by atoms with Crippen LogP contribution in [0.5, 0.6) is 0 Å². The fourth-order valence-electron chi connectivity index (χ4n) is 9.81. The number of aromatic amines is 1. The normalized spacial score (nSPS) is 13.4. The van der Waals surface area contributed by atoms with Crippen LogP contribution in [0.2, 0.25) is 0 Å². The summed E-state index contributed by atoms with van der Waals surface area (Å²) in [6, 6.07) is -3.12. The van der Waals surface area contributed by atoms with Crippen molar-refractivity contribution in [2.75, 3.05) is 72.6 Å². The summed E-state index contributed by atoms with van der Waals surface area (Å²) < 4.78 is 27.4. The first-order valence-corrected chi connectivity index (χ1v) is 33.7. The lowest BCUT2D eigenvalue weighted by Gasteiger charge is -2.29. The molecule has 1 heterocycles. The lowest BCUT2D eigenvalue weighted by Crippen LogP contribution is -2.56. The summed E-state index contributed by atoms with van der Waals surface area (Å²) in [4.78, 5) is 145. The van der Waals surface area contributed by atoms with E-state index in [1.807, 2.05) is 13.8 Å². The van der Waals surface area contributed by atoms with Crippen molar-refractivity contribution >= 4 is 64.8 Å². The second kappa shape index (κ2) is 52.1. The number of imidazole rings is 1. The first-order valence-electron chi connectivity index (χ1n) is 33.7. The third-order valence-electron chi connectivity index (χ3n) is 16.0. The molecule has 27 heteroatoms. The Balaban J connectivity index is 2.20. The topological polar surface area (TPSA) is 409 Å². The lowest BCUT2D eigenvalue weighted by molar-refractivity contribution is -0.160. The van der Waals surface area contributed by atoms with E-state index < -0.39 is 89.5 Å². The van der Waals surface area contributed by atoms with Crippen LogP contribution in [0.4, 0.5) is 0 Å². The molecule has 0 saturated heterocycles. The Labute approximate surface area is 550 Å². The number of hydrogen-bond donors (Lipinski definition) is 10. The highest BCUT2D eigenvalue weighted by Gasteiger charge is 2.37. The van der Waals surface area contributed by atoms with Crippen LogP contribution < -0.4 is 32.3 Å². The standard InChI is InChI=1S/C66H114N8O19/c1-7-48(4)60(67)63(85)73-61(47(2)3)65(88)93-54(41-50-42-68-46-71-50)62(84)74-66(5,6)55(78)32-29-49(53(77)43-75)25-22-23-33-69-57(80)44-92-40-38-90-36-34-70-58(81)45-91-39-37-89-35-24-26-51(76)30-31-52(64(86)87)72-56(79)27-20-18-16-14-12-10-8-9-11-13-15-17-19-21-28-59(82)83/h42,46-49,52,54,60-61,75H,7-41,43-45,67H2,1-6H3,(H,68,71)(H,69,80)(H,70,81)(H,72,79)(H,73,85)(H,74,84)(H,82,83)(H,86,87)/t48-,49+,52-,54-,60-,61-/m0/s1. The van der Waals surface area contributed by atoms with Gasteiger partial charge < -0.3 is 76.3 Å². The zero-order chi connectivity index (χ0) is 69.2. The highest BCUT2D eigenvalue weighted by molar-refractivity contribution is 5.95. The zero-order valence-electron chi connectivity index (χ0n) is 56.5. The van der Waals surface area contributed by atoms with Crippen LogP contribution >= 0.6 is 0 Å². The SMILES string of the molecule is CC[C@H](C)[C@H](N)C(=O)N[C@H](C(=O)O[C@@H](Cc1cnc[nH]1)C(=O)NC(C)(C)C(=O)CC[C@@H](CCCCNC(=O)COCCOCCNC(=O)COCCOCCCC(=O)CC[C@H](NC(=O)CCCCCCCCCCCCCCCCC(=O)O)C(=O)O)C(=O)CO)C(C)C. The number of carbonyl (C=O) groups excluding carboxylic acids is 9. The second-order valence-corrected chi connectivity index (χ2v) is 24.8. The minimum absolute atomic E-state index is 0.00694. The van der Waals surface area contributed by atoms with E-state index in [1.54, 1.807) is 13.8 Å². The fraction of sp³-hybridized carbons (Fsp3) is 0.788. The number of aliphatic hydroxyl groups excluding tert-OH is 1. The van der Waals surface area contributed by atoms with Gasteiger partial charge in [-0.1, -0.05) is 118 Å². The summed E-state index contributed by atoms with van der Waals surface area (Å²) in [7, 11) is 0. The molecule has 0 aromatic carbocycles. The number of carboxylic acid groups (broad SMARTS) is 2. The maximum Gasteiger partial charge on any atom is 0.329 e. The monoisotopic (exact) mass is 1320 g/mol. The van der Waals surface area contributed by atoms with Gasteiger partial charge in [0.05, 0.1) is 50.9 Å². The number of carbonyl (C=O) groups is 11. The molecular weight excluding hydrogens is 1210 g/mol. The molecule has 0 saturated carbocycles. The van der Waals surface area contributed by atoms with Crippen LogP contribution in [-0.4, -0.2) is 192 Å². The van der Waals surface area contributed by atoms with Crippen molar-refractivity contribution < 1.29 is 91.7 Å². The number of nitrogens with one attached hydrogen (secondary N) is 6. The van der Waals surface area contributed by atoms with Crippen molar-refractivity contribution in [1.82, 2.24) is 36.6 Å². The molecule has 0 aliphatic heterocycles. The number of hydrogen-bond acceptors (Lipinski definition) is 19. The molecule has 0 radical (unpaired) electrons. The molecular formula is C66H114N8O19. The van der Waals surface area contributed by atoms with Crippen LogP contribution in [0.15, 0.2) is 12.5 Å². The highest BCUT2D eigenvalue weighted by atomic mass is 16.6. The van der Waals surface area contributed by atoms with E-state index in [1.165, 1.54) is 58.5 Å². The van der Waals surface area contributed by atoms with Crippen LogP contribution in [0, 0.1) is 17.8 Å². The summed E-state index contributed by atoms with van der Waals surface area (Å²) in [5.41, 5.74) is 5.11. The van der Waals surface area contributed by atoms with Gasteiger partial charge in [0.15, 0.2) is 17.7 Å². The molecule has 532 valence electrons. The smallest absolute Gasteiger partial charge is 0.329 e. The second-order valence-electron chi connectivity index (χ2n) is 24.8. The number of nitrogens with two attached hydrogens (primary N) is 1. The number of rotatable bonds is 61. The number of aliphatic carboxylic acids is 2. The van der Waals surface area contributed by atoms with E-state index in [-0.39, 0.29) is 147 Å². The molecule has 0 aliphatic rings. The Hall–Kier alpha value is -6.26. The number of H-pyrrole nitrogens is 1. The maximum atomic E-state index is 13.8. The molecule has 0 aliphatic carbocycles. The first-order chi connectivity index (χ1) is 44.4. The fourth-order valence-corrected chi connectivity index (χ4v) is 9.81. The molecule has 1 rings (SSSR count). The van der Waals surface area contributed by atoms with Crippen molar-refractivity contribution in [3.63, 3.8) is 0 Å². The van der Waals surface area contributed by atoms with Crippen molar-refractivity contribution in [3.8, 4) is 0 Å². The van der Waals surface area contributed by atoms with E-state index in [2.05, 4.69) is 36.6 Å². The van der Waals surface area contributed by atoms with Gasteiger partial charge in [-0.3, -0.25) is 43.2 Å². The molecule has 5 amide bonds. The maximum absolute atomic E-state index is 13.8. The largest absolute Gasteiger partial charge is 0.481 e. The van der Waals surface area contributed by atoms with E-state index in [4.69, 9.17) is 34.5 Å². The van der Waals surface area contributed by atoms with E-state index in [0.29, 0.717) is 44.2 Å². The molecule has 0 unspecified atom stereocenters. The van der Waals surface area contributed by atoms with Crippen LogP contribution in [-0.2, 0) is 82.8 Å². The molecule has 6 atom stereocenters. The summed E-state index contributed by atoms with van der Waals surface area (Å²) in [6.45, 7) is 10.6. The van der Waals surface area contributed by atoms with E-state index >= 15 is 0 Å². The van der Waals surface area contributed by atoms with Crippen molar-refractivity contribution in [2.24, 2.45) is 23.5 Å². The van der Waals surface area contributed by atoms with Gasteiger partial charge in [-0.15, -0.1) is 0 Å².